The third-order valence-corrected chi connectivity index (χ3v) is 6.56. The van der Waals surface area contributed by atoms with Crippen LogP contribution in [0, 0.1) is 0 Å². The van der Waals surface area contributed by atoms with Gasteiger partial charge in [-0.2, -0.15) is 0 Å². The Morgan fingerprint density at radius 3 is 2.33 bits per heavy atom. The number of alkyl halides is 1. The number of hydrogen-bond acceptors (Lipinski definition) is 7. The molecule has 210 valence electrons. The summed E-state index contributed by atoms with van der Waals surface area (Å²) in [5.74, 6) is -3.35. The van der Waals surface area contributed by atoms with E-state index >= 15 is 0 Å². The largest absolute Gasteiger partial charge is 1.00 e. The van der Waals surface area contributed by atoms with E-state index < -0.39 is 48.2 Å². The van der Waals surface area contributed by atoms with E-state index in [1.807, 2.05) is 0 Å². The van der Waals surface area contributed by atoms with Gasteiger partial charge in [0.25, 0.3) is 11.8 Å². The number of halogens is 2. The molecule has 0 radical (unpaired) electrons. The number of nitrogens with one attached hydrogen (secondary N) is 3. The number of carbonyl (C=O) groups is 4. The Morgan fingerprint density at radius 2 is 1.73 bits per heavy atom. The Bertz CT molecular complexity index is 1160. The third kappa shape index (κ3) is 9.53. The number of carboxylic acid groups (broad SMARTS) is 1. The number of benzene rings is 2. The molecule has 0 spiro atoms. The third-order valence-electron chi connectivity index (χ3n) is 6.31. The van der Waals surface area contributed by atoms with Crippen molar-refractivity contribution in [1.82, 2.24) is 16.0 Å². The second kappa shape index (κ2) is 16.0. The Labute approximate surface area is 258 Å². The van der Waals surface area contributed by atoms with E-state index in [2.05, 4.69) is 16.0 Å². The molecule has 1 aliphatic carbocycles. The minimum absolute atomic E-state index is 0. The van der Waals surface area contributed by atoms with Crippen molar-refractivity contribution in [3.63, 3.8) is 0 Å². The number of aliphatic carboxylic acids is 1. The number of ether oxygens (including phenoxy) is 2. The van der Waals surface area contributed by atoms with Crippen molar-refractivity contribution in [1.29, 1.82) is 0 Å². The van der Waals surface area contributed by atoms with Gasteiger partial charge in [-0.1, -0.05) is 41.9 Å². The van der Waals surface area contributed by atoms with E-state index in [-0.39, 0.29) is 68.1 Å². The van der Waals surface area contributed by atoms with Crippen LogP contribution in [-0.2, 0) is 30.5 Å². The fourth-order valence-corrected chi connectivity index (χ4v) is 4.60. The molecule has 4 atom stereocenters. The van der Waals surface area contributed by atoms with E-state index in [0.717, 1.165) is 0 Å². The maximum Gasteiger partial charge on any atom is 1.00 e. The predicted octanol–water partition coefficient (Wildman–Crippen LogP) is -2.08. The molecule has 0 unspecified atom stereocenters. The number of rotatable bonds is 12. The van der Waals surface area contributed by atoms with Gasteiger partial charge in [0.1, 0.15) is 5.60 Å². The molecule has 0 aliphatic heterocycles. The molecule has 2 aromatic carbocycles. The van der Waals surface area contributed by atoms with Crippen molar-refractivity contribution < 1.29 is 67.7 Å². The van der Waals surface area contributed by atoms with E-state index in [9.17, 15) is 28.7 Å². The van der Waals surface area contributed by atoms with Crippen LogP contribution in [0.2, 0.25) is 5.02 Å². The molecular formula is C27H30ClFN3NaO7. The molecule has 13 heteroatoms. The summed E-state index contributed by atoms with van der Waals surface area (Å²) in [4.78, 5) is 48.8. The summed E-state index contributed by atoms with van der Waals surface area (Å²) in [6, 6.07) is 13.2. The summed E-state index contributed by atoms with van der Waals surface area (Å²) in [7, 11) is 0. The molecule has 1 saturated carbocycles. The zero-order chi connectivity index (χ0) is 28.4. The van der Waals surface area contributed by atoms with Crippen LogP contribution in [0.1, 0.15) is 35.7 Å². The first-order chi connectivity index (χ1) is 18.6. The van der Waals surface area contributed by atoms with E-state index in [1.165, 1.54) is 6.92 Å². The maximum atomic E-state index is 13.1. The molecule has 3 amide bonds. The second-order valence-corrected chi connectivity index (χ2v) is 9.61. The van der Waals surface area contributed by atoms with Gasteiger partial charge in [-0.15, -0.1) is 0 Å². The van der Waals surface area contributed by atoms with Gasteiger partial charge >= 0.3 is 29.6 Å². The molecule has 2 aromatic rings. The van der Waals surface area contributed by atoms with Gasteiger partial charge < -0.3 is 35.3 Å². The molecule has 0 aromatic heterocycles. The SMILES string of the molecule is CC(=O)N[C@H]1C[C@](OCc2ccccc2)(C(=O)[O-])C[C@@H](OCCNC(=O)c2ccc(Cl)cc2)[C@@H]1NC(=O)CF.[Na+]. The van der Waals surface area contributed by atoms with E-state index in [1.54, 1.807) is 54.6 Å². The Balaban J connectivity index is 0.00000560. The quantitative estimate of drug-likeness (QED) is 0.191. The Hall–Kier alpha value is -2.54. The van der Waals surface area contributed by atoms with Gasteiger partial charge in [-0.05, 0) is 29.8 Å². The first-order valence-electron chi connectivity index (χ1n) is 12.3. The maximum absolute atomic E-state index is 13.1. The average Bonchev–Trinajstić information content (AvgIpc) is 2.91. The normalized spacial score (nSPS) is 21.9. The van der Waals surface area contributed by atoms with Gasteiger partial charge in [-0.25, -0.2) is 4.39 Å². The fraction of sp³-hybridized carbons (Fsp3) is 0.407. The number of amides is 3. The molecule has 10 nitrogen and oxygen atoms in total. The molecule has 3 N–H and O–H groups in total. The van der Waals surface area contributed by atoms with Crippen molar-refractivity contribution in [2.75, 3.05) is 19.8 Å². The molecular weight excluding hydrogens is 556 g/mol. The predicted molar refractivity (Wildman–Crippen MR) is 137 cm³/mol. The van der Waals surface area contributed by atoms with Crippen LogP contribution in [0.5, 0.6) is 0 Å². The van der Waals surface area contributed by atoms with Crippen LogP contribution in [0.15, 0.2) is 54.6 Å². The van der Waals surface area contributed by atoms with Gasteiger partial charge in [-0.3, -0.25) is 14.4 Å². The molecule has 0 heterocycles. The zero-order valence-corrected chi connectivity index (χ0v) is 25.0. The van der Waals surface area contributed by atoms with Crippen molar-refractivity contribution in [3.05, 3.63) is 70.7 Å². The Morgan fingerprint density at radius 1 is 1.05 bits per heavy atom. The van der Waals surface area contributed by atoms with E-state index in [4.69, 9.17) is 21.1 Å². The standard InChI is InChI=1S/C27H31ClFN3O7.Na/c1-17(33)31-21-13-27(26(36)37,39-16-18-5-3-2-4-6-18)14-22(24(21)32-23(34)15-29)38-12-11-30-25(35)19-7-9-20(28)10-8-19;/h2-10,21-22,24H,11-16H2,1H3,(H,30,35)(H,31,33)(H,32,34)(H,36,37);/q;+1/p-1/t21-,22+,24+,27+;/m0./s1. The van der Waals surface area contributed by atoms with Crippen molar-refractivity contribution in [2.24, 2.45) is 0 Å². The van der Waals surface area contributed by atoms with Crippen LogP contribution >= 0.6 is 11.6 Å². The monoisotopic (exact) mass is 585 g/mol. The molecule has 3 rings (SSSR count). The summed E-state index contributed by atoms with van der Waals surface area (Å²) in [5.41, 5.74) is -0.803. The van der Waals surface area contributed by atoms with Crippen LogP contribution in [0.3, 0.4) is 0 Å². The van der Waals surface area contributed by atoms with Crippen LogP contribution in [0.4, 0.5) is 4.39 Å². The molecule has 40 heavy (non-hydrogen) atoms. The second-order valence-electron chi connectivity index (χ2n) is 9.17. The Kier molecular flexibility index (Phi) is 13.5. The number of hydrogen-bond donors (Lipinski definition) is 3. The topological polar surface area (TPSA) is 146 Å². The summed E-state index contributed by atoms with van der Waals surface area (Å²) >= 11 is 5.85. The fourth-order valence-electron chi connectivity index (χ4n) is 4.48. The van der Waals surface area contributed by atoms with Gasteiger partial charge in [0.2, 0.25) is 5.91 Å². The first kappa shape index (κ1) is 33.7. The smallest absolute Gasteiger partial charge is 0.547 e. The molecule has 1 fully saturated rings. The molecule has 0 bridgehead atoms. The number of carboxylic acids is 1. The van der Waals surface area contributed by atoms with Gasteiger partial charge in [0.05, 0.1) is 37.4 Å². The zero-order valence-electron chi connectivity index (χ0n) is 22.3. The van der Waals surface area contributed by atoms with Crippen LogP contribution in [-0.4, -0.2) is 67.3 Å². The van der Waals surface area contributed by atoms with Crippen LogP contribution in [0.25, 0.3) is 0 Å². The summed E-state index contributed by atoms with van der Waals surface area (Å²) in [6.07, 6.45) is -1.56. The average molecular weight is 586 g/mol. The first-order valence-corrected chi connectivity index (χ1v) is 12.7. The van der Waals surface area contributed by atoms with Gasteiger partial charge in [0, 0.05) is 36.9 Å². The minimum Gasteiger partial charge on any atom is -0.547 e. The van der Waals surface area contributed by atoms with Crippen molar-refractivity contribution >= 4 is 35.3 Å². The van der Waals surface area contributed by atoms with Gasteiger partial charge in [0.15, 0.2) is 6.67 Å². The van der Waals surface area contributed by atoms with Crippen molar-refractivity contribution in [3.8, 4) is 0 Å². The molecule has 1 aliphatic rings. The number of carbonyl (C=O) groups excluding carboxylic acids is 4. The van der Waals surface area contributed by atoms with Crippen molar-refractivity contribution in [2.45, 2.75) is 50.2 Å². The van der Waals surface area contributed by atoms with Crippen LogP contribution < -0.4 is 50.6 Å². The summed E-state index contributed by atoms with van der Waals surface area (Å²) in [6.45, 7) is -0.192. The van der Waals surface area contributed by atoms with E-state index in [0.29, 0.717) is 16.1 Å². The summed E-state index contributed by atoms with van der Waals surface area (Å²) < 4.78 is 24.9. The molecule has 0 saturated heterocycles. The minimum atomic E-state index is -1.89. The summed E-state index contributed by atoms with van der Waals surface area (Å²) in [5, 5.41) is 20.7.